The summed E-state index contributed by atoms with van der Waals surface area (Å²) in [5.74, 6) is -0.527. The van der Waals surface area contributed by atoms with Gasteiger partial charge in [-0.2, -0.15) is 0 Å². The van der Waals surface area contributed by atoms with Gasteiger partial charge in [-0.05, 0) is 44.3 Å². The molecule has 2 bridgehead atoms. The first-order valence-electron chi connectivity index (χ1n) is 11.5. The average Bonchev–Trinajstić information content (AvgIpc) is 2.81. The van der Waals surface area contributed by atoms with Crippen LogP contribution in [0.15, 0.2) is 29.2 Å². The molecule has 2 fully saturated rings. The summed E-state index contributed by atoms with van der Waals surface area (Å²) in [5.41, 5.74) is 1.92. The standard InChI is InChI=1S/C24H29FN4O3/c1-32-22-10-19(20(25)11-26-22)24(31)28-12-16-9-18(15-28)21-6-5-17(23(30)29(21)13-16)14-27-7-3-2-4-8-27/h5-6,10-11,16,18H,2-4,7-9,12-15H2,1H3/t16-,18+/m0/s1. The summed E-state index contributed by atoms with van der Waals surface area (Å²) < 4.78 is 21.3. The Balaban J connectivity index is 1.37. The summed E-state index contributed by atoms with van der Waals surface area (Å²) >= 11 is 0. The van der Waals surface area contributed by atoms with Crippen molar-refractivity contribution in [2.75, 3.05) is 33.3 Å². The lowest BCUT2D eigenvalue weighted by molar-refractivity contribution is 0.0588. The van der Waals surface area contributed by atoms with Crippen LogP contribution in [0.25, 0.3) is 0 Å². The number of carbonyl (C=O) groups excluding carboxylic acids is 1. The van der Waals surface area contributed by atoms with Crippen LogP contribution in [-0.4, -0.2) is 58.5 Å². The van der Waals surface area contributed by atoms with Crippen molar-refractivity contribution in [1.82, 2.24) is 19.4 Å². The smallest absolute Gasteiger partial charge is 0.257 e. The van der Waals surface area contributed by atoms with Gasteiger partial charge in [-0.1, -0.05) is 12.5 Å². The van der Waals surface area contributed by atoms with Crippen molar-refractivity contribution in [1.29, 1.82) is 0 Å². The number of ether oxygens (including phenoxy) is 1. The Morgan fingerprint density at radius 3 is 2.78 bits per heavy atom. The SMILES string of the molecule is COc1cc(C(=O)N2C[C@@H]3C[C@H](C2)c2ccc(CN4CCCCC4)c(=O)n2C3)c(F)cn1. The molecule has 3 aliphatic rings. The van der Waals surface area contributed by atoms with Crippen LogP contribution in [0.1, 0.15) is 53.2 Å². The highest BCUT2D eigenvalue weighted by molar-refractivity contribution is 5.94. The summed E-state index contributed by atoms with van der Waals surface area (Å²) in [5, 5.41) is 0. The zero-order valence-electron chi connectivity index (χ0n) is 18.4. The summed E-state index contributed by atoms with van der Waals surface area (Å²) in [6.07, 6.45) is 5.63. The molecule has 0 aliphatic carbocycles. The van der Waals surface area contributed by atoms with Gasteiger partial charge in [-0.25, -0.2) is 9.37 Å². The summed E-state index contributed by atoms with van der Waals surface area (Å²) in [7, 11) is 1.44. The third-order valence-electron chi connectivity index (χ3n) is 7.08. The molecule has 0 saturated carbocycles. The molecule has 2 saturated heterocycles. The molecule has 0 radical (unpaired) electrons. The van der Waals surface area contributed by atoms with E-state index < -0.39 is 5.82 Å². The third-order valence-corrected chi connectivity index (χ3v) is 7.08. The van der Waals surface area contributed by atoms with Crippen LogP contribution in [0.2, 0.25) is 0 Å². The molecular formula is C24H29FN4O3. The summed E-state index contributed by atoms with van der Waals surface area (Å²) in [4.78, 5) is 34.3. The molecule has 2 aromatic rings. The molecule has 8 heteroatoms. The molecule has 7 nitrogen and oxygen atoms in total. The van der Waals surface area contributed by atoms with Gasteiger partial charge >= 0.3 is 0 Å². The van der Waals surface area contributed by atoms with Gasteiger partial charge in [0.1, 0.15) is 0 Å². The van der Waals surface area contributed by atoms with E-state index in [2.05, 4.69) is 16.0 Å². The Labute approximate surface area is 186 Å². The van der Waals surface area contributed by atoms with Crippen molar-refractivity contribution in [2.45, 2.75) is 44.7 Å². The van der Waals surface area contributed by atoms with Crippen LogP contribution >= 0.6 is 0 Å². The van der Waals surface area contributed by atoms with E-state index in [1.54, 1.807) is 4.90 Å². The molecule has 170 valence electrons. The highest BCUT2D eigenvalue weighted by Gasteiger charge is 2.37. The molecule has 0 spiro atoms. The normalized spacial score (nSPS) is 23.0. The number of carbonyl (C=O) groups is 1. The number of hydrogen-bond acceptors (Lipinski definition) is 5. The van der Waals surface area contributed by atoms with Gasteiger partial charge in [0.25, 0.3) is 11.5 Å². The van der Waals surface area contributed by atoms with Gasteiger partial charge in [0, 0.05) is 49.4 Å². The van der Waals surface area contributed by atoms with Crippen LogP contribution in [0.4, 0.5) is 4.39 Å². The molecule has 5 heterocycles. The molecule has 5 rings (SSSR count). The highest BCUT2D eigenvalue weighted by Crippen LogP contribution is 2.36. The number of amides is 1. The lowest BCUT2D eigenvalue weighted by Gasteiger charge is -2.43. The number of fused-ring (bicyclic) bond motifs is 4. The number of rotatable bonds is 4. The van der Waals surface area contributed by atoms with Crippen molar-refractivity contribution in [3.05, 3.63) is 57.4 Å². The number of pyridine rings is 2. The number of likely N-dealkylation sites (tertiary alicyclic amines) is 2. The van der Waals surface area contributed by atoms with Gasteiger partial charge in [0.05, 0.1) is 18.9 Å². The van der Waals surface area contributed by atoms with Crippen molar-refractivity contribution >= 4 is 5.91 Å². The number of aromatic nitrogens is 2. The first-order valence-corrected chi connectivity index (χ1v) is 11.5. The Hall–Kier alpha value is -2.74. The Bertz CT molecular complexity index is 1080. The van der Waals surface area contributed by atoms with Crippen LogP contribution in [0.3, 0.4) is 0 Å². The molecule has 1 amide bonds. The van der Waals surface area contributed by atoms with E-state index in [-0.39, 0.29) is 34.7 Å². The predicted molar refractivity (Wildman–Crippen MR) is 117 cm³/mol. The minimum atomic E-state index is -0.648. The van der Waals surface area contributed by atoms with E-state index in [9.17, 15) is 14.0 Å². The summed E-state index contributed by atoms with van der Waals surface area (Å²) in [6, 6.07) is 5.39. The molecular weight excluding hydrogens is 411 g/mol. The predicted octanol–water partition coefficient (Wildman–Crippen LogP) is 2.64. The number of hydrogen-bond donors (Lipinski definition) is 0. The molecule has 32 heavy (non-hydrogen) atoms. The van der Waals surface area contributed by atoms with Crippen molar-refractivity contribution in [2.24, 2.45) is 5.92 Å². The molecule has 0 N–H and O–H groups in total. The molecule has 2 aromatic heterocycles. The van der Waals surface area contributed by atoms with Gasteiger partial charge < -0.3 is 14.2 Å². The quantitative estimate of drug-likeness (QED) is 0.731. The molecule has 0 aromatic carbocycles. The number of nitrogens with zero attached hydrogens (tertiary/aromatic N) is 4. The lowest BCUT2D eigenvalue weighted by Crippen LogP contribution is -2.49. The maximum Gasteiger partial charge on any atom is 0.257 e. The van der Waals surface area contributed by atoms with Crippen molar-refractivity contribution < 1.29 is 13.9 Å². The number of methoxy groups -OCH3 is 1. The highest BCUT2D eigenvalue weighted by atomic mass is 19.1. The fraction of sp³-hybridized carbons (Fsp3) is 0.542. The fourth-order valence-electron chi connectivity index (χ4n) is 5.50. The largest absolute Gasteiger partial charge is 0.481 e. The van der Waals surface area contributed by atoms with Crippen molar-refractivity contribution in [3.8, 4) is 5.88 Å². The number of piperidine rings is 2. The second-order valence-corrected chi connectivity index (χ2v) is 9.25. The van der Waals surface area contributed by atoms with E-state index in [1.807, 2.05) is 10.6 Å². The summed E-state index contributed by atoms with van der Waals surface area (Å²) in [6.45, 7) is 4.42. The van der Waals surface area contributed by atoms with Gasteiger partial charge in [0.2, 0.25) is 5.88 Å². The van der Waals surface area contributed by atoms with Crippen molar-refractivity contribution in [3.63, 3.8) is 0 Å². The maximum absolute atomic E-state index is 14.3. The monoisotopic (exact) mass is 440 g/mol. The zero-order chi connectivity index (χ0) is 22.2. The van der Waals surface area contributed by atoms with E-state index in [0.29, 0.717) is 26.2 Å². The van der Waals surface area contributed by atoms with E-state index in [0.717, 1.165) is 37.0 Å². The average molecular weight is 441 g/mol. The van der Waals surface area contributed by atoms with Crippen LogP contribution in [-0.2, 0) is 13.1 Å². The zero-order valence-corrected chi connectivity index (χ0v) is 18.4. The topological polar surface area (TPSA) is 67.7 Å². The minimum absolute atomic E-state index is 0.0221. The van der Waals surface area contributed by atoms with E-state index in [1.165, 1.54) is 32.4 Å². The Morgan fingerprint density at radius 1 is 1.19 bits per heavy atom. The molecule has 0 unspecified atom stereocenters. The molecule has 2 atom stereocenters. The molecule has 3 aliphatic heterocycles. The first kappa shape index (κ1) is 21.1. The minimum Gasteiger partial charge on any atom is -0.481 e. The Kier molecular flexibility index (Phi) is 5.71. The third kappa shape index (κ3) is 3.92. The first-order chi connectivity index (χ1) is 15.5. The number of halogens is 1. The van der Waals surface area contributed by atoms with Gasteiger partial charge in [0.15, 0.2) is 5.82 Å². The van der Waals surface area contributed by atoms with Crippen LogP contribution in [0, 0.1) is 11.7 Å². The van der Waals surface area contributed by atoms with Crippen LogP contribution < -0.4 is 10.3 Å². The Morgan fingerprint density at radius 2 is 2.00 bits per heavy atom. The van der Waals surface area contributed by atoms with Gasteiger partial charge in [-0.3, -0.25) is 14.5 Å². The second kappa shape index (κ2) is 8.65. The van der Waals surface area contributed by atoms with E-state index in [4.69, 9.17) is 4.74 Å². The van der Waals surface area contributed by atoms with Gasteiger partial charge in [-0.15, -0.1) is 0 Å². The van der Waals surface area contributed by atoms with Crippen LogP contribution in [0.5, 0.6) is 5.88 Å². The maximum atomic E-state index is 14.3. The van der Waals surface area contributed by atoms with E-state index >= 15 is 0 Å². The fourth-order valence-corrected chi connectivity index (χ4v) is 5.50. The second-order valence-electron chi connectivity index (χ2n) is 9.25. The lowest BCUT2D eigenvalue weighted by atomic mass is 9.82.